The molecule has 2 N–H and O–H groups in total. The molecule has 0 bridgehead atoms. The number of nitrogen functional groups attached to an aromatic ring is 1. The van der Waals surface area contributed by atoms with Gasteiger partial charge in [-0.1, -0.05) is 0 Å². The van der Waals surface area contributed by atoms with Crippen LogP contribution in [0.2, 0.25) is 0 Å². The third kappa shape index (κ3) is 1.52. The molecule has 1 aromatic heterocycles. The van der Waals surface area contributed by atoms with Crippen LogP contribution in [0.1, 0.15) is 0 Å². The van der Waals surface area contributed by atoms with E-state index in [4.69, 9.17) is 5.73 Å². The van der Waals surface area contributed by atoms with Gasteiger partial charge in [0.05, 0.1) is 10.2 Å². The van der Waals surface area contributed by atoms with Crippen molar-refractivity contribution in [1.29, 1.82) is 0 Å². The fourth-order valence-corrected chi connectivity index (χ4v) is 2.70. The average molecular weight is 349 g/mol. The quantitative estimate of drug-likeness (QED) is 0.586. The molecule has 0 aliphatic rings. The molecule has 0 radical (unpaired) electrons. The fourth-order valence-electron chi connectivity index (χ4n) is 1.18. The summed E-state index contributed by atoms with van der Waals surface area (Å²) in [4.78, 5) is 4.06. The Hall–Kier alpha value is -0.360. The summed E-state index contributed by atoms with van der Waals surface area (Å²) in [6, 6.07) is 4.03. The highest BCUT2D eigenvalue weighted by Crippen LogP contribution is 2.32. The maximum Gasteiger partial charge on any atom is 0.0601 e. The third-order valence-electron chi connectivity index (χ3n) is 1.87. The van der Waals surface area contributed by atoms with Crippen molar-refractivity contribution < 1.29 is 0 Å². The van der Waals surface area contributed by atoms with Gasteiger partial charge in [-0.05, 0) is 56.0 Å². The molecule has 2 nitrogen and oxygen atoms in total. The fraction of sp³-hybridized carbons (Fsp3) is 0. The monoisotopic (exact) mass is 348 g/mol. The molecule has 0 saturated carbocycles. The lowest BCUT2D eigenvalue weighted by Gasteiger charge is -2.05. The smallest absolute Gasteiger partial charge is 0.0601 e. The molecule has 0 saturated heterocycles. The van der Waals surface area contributed by atoms with Crippen LogP contribution in [0.4, 0.5) is 5.69 Å². The van der Waals surface area contributed by atoms with Crippen LogP contribution in [-0.4, -0.2) is 4.98 Å². The number of hydrogen-bond donors (Lipinski definition) is 1. The van der Waals surface area contributed by atoms with Crippen LogP contribution in [0, 0.1) is 3.57 Å². The Bertz CT molecular complexity index is 470. The van der Waals surface area contributed by atoms with E-state index in [1.54, 1.807) is 6.20 Å². The van der Waals surface area contributed by atoms with Crippen molar-refractivity contribution in [2.24, 2.45) is 0 Å². The van der Waals surface area contributed by atoms with E-state index in [1.165, 1.54) is 0 Å². The molecule has 4 heteroatoms. The van der Waals surface area contributed by atoms with Crippen molar-refractivity contribution in [3.8, 4) is 0 Å². The first kappa shape index (κ1) is 9.21. The lowest BCUT2D eigenvalue weighted by molar-refractivity contribution is 1.36. The molecular formula is C9H6BrIN2. The summed E-state index contributed by atoms with van der Waals surface area (Å²) < 4.78 is 1.99. The Morgan fingerprint density at radius 2 is 2.23 bits per heavy atom. The van der Waals surface area contributed by atoms with Crippen LogP contribution >= 0.6 is 38.5 Å². The number of halogens is 2. The van der Waals surface area contributed by atoms with E-state index in [1.807, 2.05) is 12.3 Å². The Kier molecular flexibility index (Phi) is 2.42. The summed E-state index contributed by atoms with van der Waals surface area (Å²) >= 11 is 5.68. The molecule has 0 aliphatic heterocycles. The van der Waals surface area contributed by atoms with Gasteiger partial charge in [-0.25, -0.2) is 0 Å². The van der Waals surface area contributed by atoms with Crippen molar-refractivity contribution >= 4 is 55.0 Å². The normalized spacial score (nSPS) is 10.6. The molecule has 2 rings (SSSR count). The standard InChI is InChI=1S/C9H6BrIN2/c10-8-6-4-13-2-1-5(6)3-7(11)9(8)12/h1-4H,12H2. The van der Waals surface area contributed by atoms with Crippen molar-refractivity contribution in [2.45, 2.75) is 0 Å². The second kappa shape index (κ2) is 3.42. The van der Waals surface area contributed by atoms with Gasteiger partial charge in [0.15, 0.2) is 0 Å². The zero-order valence-corrected chi connectivity index (χ0v) is 10.3. The van der Waals surface area contributed by atoms with Crippen LogP contribution in [0.15, 0.2) is 29.0 Å². The van der Waals surface area contributed by atoms with E-state index in [0.29, 0.717) is 0 Å². The van der Waals surface area contributed by atoms with Crippen molar-refractivity contribution in [1.82, 2.24) is 4.98 Å². The highest BCUT2D eigenvalue weighted by molar-refractivity contribution is 14.1. The largest absolute Gasteiger partial charge is 0.397 e. The second-order valence-corrected chi connectivity index (χ2v) is 4.64. The van der Waals surface area contributed by atoms with E-state index in [9.17, 15) is 0 Å². The van der Waals surface area contributed by atoms with Gasteiger partial charge in [0.1, 0.15) is 0 Å². The number of hydrogen-bond acceptors (Lipinski definition) is 2. The van der Waals surface area contributed by atoms with Gasteiger partial charge in [-0.3, -0.25) is 4.98 Å². The molecule has 1 aromatic carbocycles. The Morgan fingerprint density at radius 3 is 3.00 bits per heavy atom. The number of nitrogens with two attached hydrogens (primary N) is 1. The van der Waals surface area contributed by atoms with Crippen molar-refractivity contribution in [3.63, 3.8) is 0 Å². The first-order valence-electron chi connectivity index (χ1n) is 3.67. The molecule has 0 spiro atoms. The van der Waals surface area contributed by atoms with E-state index < -0.39 is 0 Å². The number of pyridine rings is 1. The molecule has 0 amide bonds. The minimum atomic E-state index is 0.779. The van der Waals surface area contributed by atoms with Gasteiger partial charge in [0.25, 0.3) is 0 Å². The molecule has 0 unspecified atom stereocenters. The van der Waals surface area contributed by atoms with E-state index in [0.717, 1.165) is 24.5 Å². The minimum absolute atomic E-state index is 0.779. The van der Waals surface area contributed by atoms with Gasteiger partial charge in [0.2, 0.25) is 0 Å². The zero-order chi connectivity index (χ0) is 9.42. The highest BCUT2D eigenvalue weighted by atomic mass is 127. The highest BCUT2D eigenvalue weighted by Gasteiger charge is 2.05. The first-order chi connectivity index (χ1) is 6.20. The van der Waals surface area contributed by atoms with Gasteiger partial charge in [0, 0.05) is 21.4 Å². The predicted molar refractivity (Wildman–Crippen MR) is 66.6 cm³/mol. The molecule has 0 fully saturated rings. The number of anilines is 1. The Balaban J connectivity index is 2.94. The van der Waals surface area contributed by atoms with Crippen LogP contribution in [0.25, 0.3) is 10.8 Å². The maximum absolute atomic E-state index is 5.87. The lowest BCUT2D eigenvalue weighted by Crippen LogP contribution is -1.92. The second-order valence-electron chi connectivity index (χ2n) is 2.68. The third-order valence-corrected chi connectivity index (χ3v) is 3.61. The molecule has 0 atom stereocenters. The number of fused-ring (bicyclic) bond motifs is 1. The van der Waals surface area contributed by atoms with Gasteiger partial charge in [-0.2, -0.15) is 0 Å². The number of aromatic nitrogens is 1. The van der Waals surface area contributed by atoms with Crippen LogP contribution in [0.3, 0.4) is 0 Å². The van der Waals surface area contributed by atoms with Crippen LogP contribution in [-0.2, 0) is 0 Å². The van der Waals surface area contributed by atoms with Gasteiger partial charge in [-0.15, -0.1) is 0 Å². The van der Waals surface area contributed by atoms with Crippen molar-refractivity contribution in [3.05, 3.63) is 32.6 Å². The van der Waals surface area contributed by atoms with E-state index >= 15 is 0 Å². The Labute approximate surface area is 97.8 Å². The molecule has 1 heterocycles. The SMILES string of the molecule is Nc1c(I)cc2ccncc2c1Br. The van der Waals surface area contributed by atoms with E-state index in [-0.39, 0.29) is 0 Å². The maximum atomic E-state index is 5.87. The van der Waals surface area contributed by atoms with E-state index in [2.05, 4.69) is 49.6 Å². The molecule has 0 aliphatic carbocycles. The number of rotatable bonds is 0. The Morgan fingerprint density at radius 1 is 1.46 bits per heavy atom. The molecule has 66 valence electrons. The summed E-state index contributed by atoms with van der Waals surface area (Å²) in [5.41, 5.74) is 6.64. The predicted octanol–water partition coefficient (Wildman–Crippen LogP) is 3.18. The van der Waals surface area contributed by atoms with Crippen LogP contribution in [0.5, 0.6) is 0 Å². The minimum Gasteiger partial charge on any atom is -0.397 e. The molecule has 2 aromatic rings. The summed E-state index contributed by atoms with van der Waals surface area (Å²) in [5.74, 6) is 0. The first-order valence-corrected chi connectivity index (χ1v) is 5.54. The van der Waals surface area contributed by atoms with Crippen molar-refractivity contribution in [2.75, 3.05) is 5.73 Å². The van der Waals surface area contributed by atoms with Gasteiger partial charge < -0.3 is 5.73 Å². The molecule has 13 heavy (non-hydrogen) atoms. The van der Waals surface area contributed by atoms with Gasteiger partial charge >= 0.3 is 0 Å². The summed E-state index contributed by atoms with van der Waals surface area (Å²) in [7, 11) is 0. The summed E-state index contributed by atoms with van der Waals surface area (Å²) in [5, 5.41) is 2.21. The zero-order valence-electron chi connectivity index (χ0n) is 6.59. The topological polar surface area (TPSA) is 38.9 Å². The average Bonchev–Trinajstić information content (AvgIpc) is 2.15. The number of nitrogens with zero attached hydrogens (tertiary/aromatic N) is 1. The summed E-state index contributed by atoms with van der Waals surface area (Å²) in [6.07, 6.45) is 3.59. The molecular weight excluding hydrogens is 343 g/mol. The summed E-state index contributed by atoms with van der Waals surface area (Å²) in [6.45, 7) is 0. The lowest BCUT2D eigenvalue weighted by atomic mass is 10.1. The number of benzene rings is 1. The van der Waals surface area contributed by atoms with Crippen LogP contribution < -0.4 is 5.73 Å².